The van der Waals surface area contributed by atoms with Gasteiger partial charge in [-0.3, -0.25) is 0 Å². The van der Waals surface area contributed by atoms with Crippen LogP contribution in [-0.4, -0.2) is 6.29 Å². The lowest BCUT2D eigenvalue weighted by atomic mass is 10.0. The maximum Gasteiger partial charge on any atom is 0.128 e. The van der Waals surface area contributed by atoms with E-state index in [1.807, 2.05) is 12.1 Å². The van der Waals surface area contributed by atoms with Gasteiger partial charge in [-0.15, -0.1) is 11.3 Å². The summed E-state index contributed by atoms with van der Waals surface area (Å²) in [6.45, 7) is 0. The lowest BCUT2D eigenvalue weighted by molar-refractivity contribution is -0.109. The van der Waals surface area contributed by atoms with Gasteiger partial charge < -0.3 is 4.79 Å². The molecule has 1 saturated carbocycles. The summed E-state index contributed by atoms with van der Waals surface area (Å²) in [5.41, 5.74) is 0. The van der Waals surface area contributed by atoms with Crippen LogP contribution in [0.4, 0.5) is 0 Å². The normalized spacial score (nSPS) is 19.1. The highest BCUT2D eigenvalue weighted by Crippen LogP contribution is 2.43. The van der Waals surface area contributed by atoms with Crippen molar-refractivity contribution in [1.82, 2.24) is 0 Å². The Hall–Kier alpha value is -0.340. The number of halogens is 1. The van der Waals surface area contributed by atoms with Crippen molar-refractivity contribution in [3.8, 4) is 0 Å². The molecule has 1 aliphatic rings. The molecule has 64 valence electrons. The maximum absolute atomic E-state index is 10.8. The van der Waals surface area contributed by atoms with Gasteiger partial charge in [0.2, 0.25) is 0 Å². The molecule has 0 N–H and O–H groups in total. The Morgan fingerprint density at radius 3 is 2.75 bits per heavy atom. The Kier molecular flexibility index (Phi) is 2.20. The van der Waals surface area contributed by atoms with E-state index in [0.29, 0.717) is 5.92 Å². The molecule has 0 aliphatic heterocycles. The van der Waals surface area contributed by atoms with Gasteiger partial charge in [0.1, 0.15) is 6.29 Å². The monoisotopic (exact) mass is 200 g/mol. The van der Waals surface area contributed by atoms with Crippen LogP contribution in [0.5, 0.6) is 0 Å². The predicted molar refractivity (Wildman–Crippen MR) is 50.9 cm³/mol. The summed E-state index contributed by atoms with van der Waals surface area (Å²) in [5.74, 6) is 0.708. The van der Waals surface area contributed by atoms with E-state index in [-0.39, 0.29) is 5.92 Å². The Morgan fingerprint density at radius 2 is 2.33 bits per heavy atom. The van der Waals surface area contributed by atoms with Crippen molar-refractivity contribution in [1.29, 1.82) is 0 Å². The van der Waals surface area contributed by atoms with Crippen LogP contribution in [0.1, 0.15) is 23.6 Å². The third kappa shape index (κ3) is 1.54. The highest BCUT2D eigenvalue weighted by atomic mass is 35.5. The van der Waals surface area contributed by atoms with E-state index in [4.69, 9.17) is 11.6 Å². The highest BCUT2D eigenvalue weighted by molar-refractivity contribution is 7.16. The van der Waals surface area contributed by atoms with E-state index in [2.05, 4.69) is 0 Å². The number of aldehydes is 1. The molecular weight excluding hydrogens is 192 g/mol. The summed E-state index contributed by atoms with van der Waals surface area (Å²) in [5, 5.41) is 0. The average molecular weight is 201 g/mol. The Labute approximate surface area is 80.4 Å². The quantitative estimate of drug-likeness (QED) is 0.686. The van der Waals surface area contributed by atoms with Crippen LogP contribution >= 0.6 is 22.9 Å². The molecule has 0 bridgehead atoms. The van der Waals surface area contributed by atoms with Crippen LogP contribution in [0.3, 0.4) is 0 Å². The number of hydrogen-bond donors (Lipinski definition) is 0. The molecule has 0 aromatic carbocycles. The van der Waals surface area contributed by atoms with Crippen LogP contribution in [0.25, 0.3) is 0 Å². The molecule has 0 saturated heterocycles. The molecule has 2 rings (SSSR count). The summed E-state index contributed by atoms with van der Waals surface area (Å²) < 4.78 is 0.775. The third-order valence-electron chi connectivity index (χ3n) is 2.20. The SMILES string of the molecule is O=CC(c1ccc(Cl)s1)C1CC1. The first-order chi connectivity index (χ1) is 5.81. The number of thiophene rings is 1. The maximum atomic E-state index is 10.8. The fraction of sp³-hybridized carbons (Fsp3) is 0.444. The number of carbonyl (C=O) groups is 1. The van der Waals surface area contributed by atoms with Crippen molar-refractivity contribution < 1.29 is 4.79 Å². The third-order valence-corrected chi connectivity index (χ3v) is 3.53. The second-order valence-electron chi connectivity index (χ2n) is 3.14. The highest BCUT2D eigenvalue weighted by Gasteiger charge is 2.32. The molecule has 0 radical (unpaired) electrons. The van der Waals surface area contributed by atoms with E-state index in [1.165, 1.54) is 24.2 Å². The van der Waals surface area contributed by atoms with Crippen LogP contribution in [0.15, 0.2) is 12.1 Å². The van der Waals surface area contributed by atoms with Crippen LogP contribution in [-0.2, 0) is 4.79 Å². The second kappa shape index (κ2) is 3.19. The van der Waals surface area contributed by atoms with E-state index < -0.39 is 0 Å². The van der Waals surface area contributed by atoms with Gasteiger partial charge in [0.05, 0.1) is 10.3 Å². The number of hydrogen-bond acceptors (Lipinski definition) is 2. The molecule has 1 fully saturated rings. The van der Waals surface area contributed by atoms with Crippen molar-refractivity contribution in [2.45, 2.75) is 18.8 Å². The smallest absolute Gasteiger partial charge is 0.128 e. The van der Waals surface area contributed by atoms with Gasteiger partial charge in [-0.25, -0.2) is 0 Å². The zero-order valence-electron chi connectivity index (χ0n) is 6.50. The minimum Gasteiger partial charge on any atom is -0.303 e. The minimum absolute atomic E-state index is 0.113. The molecule has 12 heavy (non-hydrogen) atoms. The molecule has 1 atom stereocenters. The van der Waals surface area contributed by atoms with Crippen molar-refractivity contribution in [2.24, 2.45) is 5.92 Å². The average Bonchev–Trinajstić information content (AvgIpc) is 2.78. The Balaban J connectivity index is 2.20. The van der Waals surface area contributed by atoms with Gasteiger partial charge in [0, 0.05) is 4.88 Å². The molecular formula is C9H9ClOS. The van der Waals surface area contributed by atoms with Gasteiger partial charge in [-0.1, -0.05) is 11.6 Å². The molecule has 0 spiro atoms. The molecule has 1 aromatic rings. The van der Waals surface area contributed by atoms with Crippen molar-refractivity contribution >= 4 is 29.2 Å². The van der Waals surface area contributed by atoms with Crippen LogP contribution in [0.2, 0.25) is 4.34 Å². The van der Waals surface area contributed by atoms with Crippen LogP contribution < -0.4 is 0 Å². The predicted octanol–water partition coefficient (Wildman–Crippen LogP) is 3.09. The lowest BCUT2D eigenvalue weighted by Gasteiger charge is -2.03. The first kappa shape index (κ1) is 8.27. The van der Waals surface area contributed by atoms with Crippen molar-refractivity contribution in [3.63, 3.8) is 0 Å². The summed E-state index contributed by atoms with van der Waals surface area (Å²) in [6.07, 6.45) is 3.44. The summed E-state index contributed by atoms with van der Waals surface area (Å²) in [7, 11) is 0. The molecule has 1 aromatic heterocycles. The van der Waals surface area contributed by atoms with Gasteiger partial charge in [0.15, 0.2) is 0 Å². The largest absolute Gasteiger partial charge is 0.303 e. The van der Waals surface area contributed by atoms with E-state index in [1.54, 1.807) is 0 Å². The molecule has 0 amide bonds. The van der Waals surface area contributed by atoms with Gasteiger partial charge in [-0.05, 0) is 30.9 Å². The summed E-state index contributed by atoms with van der Waals surface area (Å²) in [6, 6.07) is 3.82. The van der Waals surface area contributed by atoms with E-state index >= 15 is 0 Å². The zero-order valence-corrected chi connectivity index (χ0v) is 8.07. The topological polar surface area (TPSA) is 17.1 Å². The summed E-state index contributed by atoms with van der Waals surface area (Å²) in [4.78, 5) is 11.9. The minimum atomic E-state index is 0.113. The molecule has 1 heterocycles. The van der Waals surface area contributed by atoms with Crippen LogP contribution in [0, 0.1) is 5.92 Å². The first-order valence-corrected chi connectivity index (χ1v) is 5.21. The molecule has 1 aliphatic carbocycles. The zero-order chi connectivity index (χ0) is 8.55. The lowest BCUT2D eigenvalue weighted by Crippen LogP contribution is -1.99. The second-order valence-corrected chi connectivity index (χ2v) is 4.89. The van der Waals surface area contributed by atoms with E-state index in [0.717, 1.165) is 15.5 Å². The fourth-order valence-electron chi connectivity index (χ4n) is 1.37. The standard InChI is InChI=1S/C9H9ClOS/c10-9-4-3-8(12-9)7(5-11)6-1-2-6/h3-7H,1-2H2. The Bertz CT molecular complexity index is 290. The number of carbonyl (C=O) groups excluding carboxylic acids is 1. The van der Waals surface area contributed by atoms with Gasteiger partial charge in [-0.2, -0.15) is 0 Å². The molecule has 3 heteroatoms. The Morgan fingerprint density at radius 1 is 1.58 bits per heavy atom. The molecule has 1 unspecified atom stereocenters. The fourth-order valence-corrected chi connectivity index (χ4v) is 2.58. The molecule has 1 nitrogen and oxygen atoms in total. The van der Waals surface area contributed by atoms with E-state index in [9.17, 15) is 4.79 Å². The first-order valence-electron chi connectivity index (χ1n) is 4.02. The van der Waals surface area contributed by atoms with Crippen molar-refractivity contribution in [3.05, 3.63) is 21.3 Å². The number of rotatable bonds is 3. The van der Waals surface area contributed by atoms with Crippen molar-refractivity contribution in [2.75, 3.05) is 0 Å². The summed E-state index contributed by atoms with van der Waals surface area (Å²) >= 11 is 7.31. The van der Waals surface area contributed by atoms with Gasteiger partial charge in [0.25, 0.3) is 0 Å². The van der Waals surface area contributed by atoms with Gasteiger partial charge >= 0.3 is 0 Å².